The number of hydrogen-bond acceptors (Lipinski definition) is 3. The standard InChI is InChI=1S/C14H18ClN3O/c15-10-4-3-9(8-11(10)16)14(19)17-12-5-7-18-6-1-2-13(12)18/h3-4,8,12-13H,1-2,5-7,16H2,(H,17,19). The molecule has 2 aliphatic heterocycles. The minimum absolute atomic E-state index is 0.0536. The first-order chi connectivity index (χ1) is 9.15. The third kappa shape index (κ3) is 2.42. The van der Waals surface area contributed by atoms with Crippen molar-refractivity contribution in [1.29, 1.82) is 0 Å². The highest BCUT2D eigenvalue weighted by atomic mass is 35.5. The third-order valence-corrected chi connectivity index (χ3v) is 4.52. The van der Waals surface area contributed by atoms with Gasteiger partial charge in [0.2, 0.25) is 0 Å². The van der Waals surface area contributed by atoms with Crippen LogP contribution in [0.1, 0.15) is 29.6 Å². The van der Waals surface area contributed by atoms with Crippen molar-refractivity contribution >= 4 is 23.2 Å². The summed E-state index contributed by atoms with van der Waals surface area (Å²) in [6, 6.07) is 5.82. The van der Waals surface area contributed by atoms with E-state index in [4.69, 9.17) is 17.3 Å². The Labute approximate surface area is 117 Å². The first-order valence-corrected chi connectivity index (χ1v) is 7.13. The first-order valence-electron chi connectivity index (χ1n) is 6.75. The predicted molar refractivity (Wildman–Crippen MR) is 76.3 cm³/mol. The van der Waals surface area contributed by atoms with Crippen LogP contribution in [-0.4, -0.2) is 36.0 Å². The van der Waals surface area contributed by atoms with Crippen LogP contribution in [0.25, 0.3) is 0 Å². The summed E-state index contributed by atoms with van der Waals surface area (Å²) in [5, 5.41) is 3.62. The lowest BCUT2D eigenvalue weighted by atomic mass is 10.1. The number of nitrogens with one attached hydrogen (secondary N) is 1. The van der Waals surface area contributed by atoms with Gasteiger partial charge >= 0.3 is 0 Å². The van der Waals surface area contributed by atoms with Crippen LogP contribution in [0.5, 0.6) is 0 Å². The van der Waals surface area contributed by atoms with Gasteiger partial charge in [0.15, 0.2) is 0 Å². The maximum absolute atomic E-state index is 12.2. The van der Waals surface area contributed by atoms with Gasteiger partial charge < -0.3 is 11.1 Å². The number of rotatable bonds is 2. The normalized spacial score (nSPS) is 26.4. The Kier molecular flexibility index (Phi) is 3.37. The molecule has 5 heteroatoms. The van der Waals surface area contributed by atoms with E-state index in [0.29, 0.717) is 22.3 Å². The second-order valence-electron chi connectivity index (χ2n) is 5.35. The molecule has 2 atom stereocenters. The lowest BCUT2D eigenvalue weighted by Gasteiger charge is -2.21. The second kappa shape index (κ2) is 5.02. The molecule has 2 fully saturated rings. The van der Waals surface area contributed by atoms with Crippen molar-refractivity contribution in [1.82, 2.24) is 10.2 Å². The highest BCUT2D eigenvalue weighted by Gasteiger charge is 2.37. The SMILES string of the molecule is Nc1cc(C(=O)NC2CCN3CCCC23)ccc1Cl. The van der Waals surface area contributed by atoms with Crippen LogP contribution >= 0.6 is 11.6 Å². The zero-order valence-electron chi connectivity index (χ0n) is 10.7. The monoisotopic (exact) mass is 279 g/mol. The molecule has 19 heavy (non-hydrogen) atoms. The van der Waals surface area contributed by atoms with Gasteiger partial charge in [0.1, 0.15) is 0 Å². The topological polar surface area (TPSA) is 58.4 Å². The minimum atomic E-state index is -0.0536. The fourth-order valence-electron chi connectivity index (χ4n) is 3.19. The van der Waals surface area contributed by atoms with Gasteiger partial charge in [-0.3, -0.25) is 9.69 Å². The van der Waals surface area contributed by atoms with Crippen molar-refractivity contribution in [2.24, 2.45) is 0 Å². The largest absolute Gasteiger partial charge is 0.398 e. The summed E-state index contributed by atoms with van der Waals surface area (Å²) in [5.41, 5.74) is 6.76. The molecule has 1 aromatic rings. The summed E-state index contributed by atoms with van der Waals surface area (Å²) in [5.74, 6) is -0.0536. The predicted octanol–water partition coefficient (Wildman–Crippen LogP) is 1.89. The maximum Gasteiger partial charge on any atom is 0.251 e. The summed E-state index contributed by atoms with van der Waals surface area (Å²) >= 11 is 5.87. The van der Waals surface area contributed by atoms with Gasteiger partial charge in [-0.25, -0.2) is 0 Å². The van der Waals surface area contributed by atoms with E-state index < -0.39 is 0 Å². The average molecular weight is 280 g/mol. The van der Waals surface area contributed by atoms with Crippen LogP contribution in [0.3, 0.4) is 0 Å². The quantitative estimate of drug-likeness (QED) is 0.813. The number of carbonyl (C=O) groups excluding carboxylic acids is 1. The zero-order chi connectivity index (χ0) is 13.4. The number of nitrogen functional groups attached to an aromatic ring is 1. The average Bonchev–Trinajstić information content (AvgIpc) is 2.97. The Hall–Kier alpha value is -1.26. The van der Waals surface area contributed by atoms with E-state index in [1.54, 1.807) is 18.2 Å². The number of anilines is 1. The highest BCUT2D eigenvalue weighted by Crippen LogP contribution is 2.28. The van der Waals surface area contributed by atoms with Crippen molar-refractivity contribution in [3.05, 3.63) is 28.8 Å². The van der Waals surface area contributed by atoms with Crippen LogP contribution in [0.4, 0.5) is 5.69 Å². The van der Waals surface area contributed by atoms with E-state index in [-0.39, 0.29) is 11.9 Å². The maximum atomic E-state index is 12.2. The number of benzene rings is 1. The molecule has 102 valence electrons. The van der Waals surface area contributed by atoms with E-state index in [2.05, 4.69) is 10.2 Å². The lowest BCUT2D eigenvalue weighted by Crippen LogP contribution is -2.42. The van der Waals surface area contributed by atoms with Crippen molar-refractivity contribution in [2.75, 3.05) is 18.8 Å². The molecule has 1 aromatic carbocycles. The van der Waals surface area contributed by atoms with Crippen molar-refractivity contribution < 1.29 is 4.79 Å². The van der Waals surface area contributed by atoms with E-state index in [9.17, 15) is 4.79 Å². The molecule has 0 saturated carbocycles. The number of amides is 1. The summed E-state index contributed by atoms with van der Waals surface area (Å²) in [6.45, 7) is 2.27. The molecule has 1 amide bonds. The minimum Gasteiger partial charge on any atom is -0.398 e. The Morgan fingerprint density at radius 1 is 1.37 bits per heavy atom. The van der Waals surface area contributed by atoms with E-state index in [1.807, 2.05) is 0 Å². The fourth-order valence-corrected chi connectivity index (χ4v) is 3.31. The molecule has 0 radical (unpaired) electrons. The van der Waals surface area contributed by atoms with Gasteiger partial charge in [-0.15, -0.1) is 0 Å². The van der Waals surface area contributed by atoms with Crippen LogP contribution < -0.4 is 11.1 Å². The highest BCUT2D eigenvalue weighted by molar-refractivity contribution is 6.33. The third-order valence-electron chi connectivity index (χ3n) is 4.18. The zero-order valence-corrected chi connectivity index (χ0v) is 11.5. The Morgan fingerprint density at radius 2 is 2.21 bits per heavy atom. The number of carbonyl (C=O) groups is 1. The van der Waals surface area contributed by atoms with E-state index >= 15 is 0 Å². The van der Waals surface area contributed by atoms with Gasteiger partial charge in [-0.05, 0) is 44.0 Å². The fraction of sp³-hybridized carbons (Fsp3) is 0.500. The van der Waals surface area contributed by atoms with Crippen LogP contribution in [0.15, 0.2) is 18.2 Å². The molecular formula is C14H18ClN3O. The molecule has 3 N–H and O–H groups in total. The van der Waals surface area contributed by atoms with Crippen LogP contribution in [0, 0.1) is 0 Å². The number of fused-ring (bicyclic) bond motifs is 1. The number of nitrogens with two attached hydrogens (primary N) is 1. The molecule has 0 aliphatic carbocycles. The molecule has 4 nitrogen and oxygen atoms in total. The first kappa shape index (κ1) is 12.8. The second-order valence-corrected chi connectivity index (χ2v) is 5.76. The molecule has 2 heterocycles. The van der Waals surface area contributed by atoms with E-state index in [1.165, 1.54) is 19.4 Å². The Morgan fingerprint density at radius 3 is 3.00 bits per heavy atom. The molecule has 2 aliphatic rings. The molecular weight excluding hydrogens is 262 g/mol. The van der Waals surface area contributed by atoms with Gasteiger partial charge in [0.25, 0.3) is 5.91 Å². The molecule has 0 aromatic heterocycles. The van der Waals surface area contributed by atoms with E-state index in [0.717, 1.165) is 13.0 Å². The summed E-state index contributed by atoms with van der Waals surface area (Å²) < 4.78 is 0. The van der Waals surface area contributed by atoms with Crippen molar-refractivity contribution in [2.45, 2.75) is 31.3 Å². The summed E-state index contributed by atoms with van der Waals surface area (Å²) in [4.78, 5) is 14.7. The molecule has 0 bridgehead atoms. The lowest BCUT2D eigenvalue weighted by molar-refractivity contribution is 0.0929. The summed E-state index contributed by atoms with van der Waals surface area (Å²) in [7, 11) is 0. The van der Waals surface area contributed by atoms with Crippen molar-refractivity contribution in [3.63, 3.8) is 0 Å². The van der Waals surface area contributed by atoms with Gasteiger partial charge in [-0.2, -0.15) is 0 Å². The molecule has 2 unspecified atom stereocenters. The van der Waals surface area contributed by atoms with Crippen LogP contribution in [0.2, 0.25) is 5.02 Å². The molecule has 3 rings (SSSR count). The Bertz CT molecular complexity index is 505. The molecule has 2 saturated heterocycles. The number of nitrogens with zero attached hydrogens (tertiary/aromatic N) is 1. The molecule has 0 spiro atoms. The van der Waals surface area contributed by atoms with Gasteiger partial charge in [0, 0.05) is 24.2 Å². The number of hydrogen-bond donors (Lipinski definition) is 2. The van der Waals surface area contributed by atoms with Crippen LogP contribution in [-0.2, 0) is 0 Å². The number of halogens is 1. The smallest absolute Gasteiger partial charge is 0.251 e. The summed E-state index contributed by atoms with van der Waals surface area (Å²) in [6.07, 6.45) is 3.47. The van der Waals surface area contributed by atoms with Gasteiger partial charge in [-0.1, -0.05) is 11.6 Å². The Balaban J connectivity index is 1.69. The van der Waals surface area contributed by atoms with Crippen molar-refractivity contribution in [3.8, 4) is 0 Å². The van der Waals surface area contributed by atoms with Gasteiger partial charge in [0.05, 0.1) is 10.7 Å².